The van der Waals surface area contributed by atoms with Crippen molar-refractivity contribution < 1.29 is 21.6 Å². The molecule has 1 amide bonds. The van der Waals surface area contributed by atoms with Crippen molar-refractivity contribution in [1.29, 1.82) is 0 Å². The van der Waals surface area contributed by atoms with Gasteiger partial charge in [0.2, 0.25) is 15.9 Å². The maximum Gasteiger partial charge on any atom is 0.237 e. The molecule has 1 saturated heterocycles. The quantitative estimate of drug-likeness (QED) is 0.387. The Kier molecular flexibility index (Phi) is 10.9. The summed E-state index contributed by atoms with van der Waals surface area (Å²) < 4.78 is 49.1. The molecule has 1 aromatic rings. The number of sulfone groups is 1. The van der Waals surface area contributed by atoms with Gasteiger partial charge in [-0.3, -0.25) is 4.79 Å². The standard InChI is InChI=1S/C23H40N4O5S2/c1-4-25(20(2)18-21-8-10-22(11-9-21)33(3,29)30)13-5-6-14-26-15-7-16-27(19-23(26)28)34(31,32)17-12-24/h8-11,20H,4-7,12-19,24H2,1-3H3. The van der Waals surface area contributed by atoms with Crippen LogP contribution in [0.1, 0.15) is 38.7 Å². The van der Waals surface area contributed by atoms with Crippen LogP contribution in [0.5, 0.6) is 0 Å². The van der Waals surface area contributed by atoms with Gasteiger partial charge in [-0.2, -0.15) is 4.31 Å². The summed E-state index contributed by atoms with van der Waals surface area (Å²) in [5, 5.41) is 0. The number of rotatable bonds is 13. The Bertz CT molecular complexity index is 997. The van der Waals surface area contributed by atoms with Gasteiger partial charge >= 0.3 is 0 Å². The van der Waals surface area contributed by atoms with Gasteiger partial charge in [-0.1, -0.05) is 19.1 Å². The lowest BCUT2D eigenvalue weighted by Crippen LogP contribution is -2.41. The van der Waals surface area contributed by atoms with Crippen LogP contribution < -0.4 is 5.73 Å². The largest absolute Gasteiger partial charge is 0.342 e. The number of carbonyl (C=O) groups is 1. The second-order valence-electron chi connectivity index (χ2n) is 8.98. The number of sulfonamides is 1. The van der Waals surface area contributed by atoms with Crippen molar-refractivity contribution in [1.82, 2.24) is 14.1 Å². The second kappa shape index (κ2) is 13.0. The van der Waals surface area contributed by atoms with Crippen LogP contribution in [0, 0.1) is 0 Å². The van der Waals surface area contributed by atoms with Crippen molar-refractivity contribution in [3.63, 3.8) is 0 Å². The van der Waals surface area contributed by atoms with E-state index in [1.807, 2.05) is 12.1 Å². The SMILES string of the molecule is CCN(CCCCN1CCCN(S(=O)(=O)CCN)CC1=O)C(C)Cc1ccc(S(C)(=O)=O)cc1. The molecule has 34 heavy (non-hydrogen) atoms. The molecule has 0 bridgehead atoms. The van der Waals surface area contributed by atoms with Crippen LogP contribution in [0.2, 0.25) is 0 Å². The molecule has 0 radical (unpaired) electrons. The average molecular weight is 517 g/mol. The number of unbranched alkanes of at least 4 members (excludes halogenated alkanes) is 1. The fourth-order valence-electron chi connectivity index (χ4n) is 4.30. The molecule has 1 fully saturated rings. The van der Waals surface area contributed by atoms with E-state index in [0.717, 1.165) is 37.9 Å². The zero-order chi connectivity index (χ0) is 25.4. The van der Waals surface area contributed by atoms with Crippen LogP contribution in [0.4, 0.5) is 0 Å². The summed E-state index contributed by atoms with van der Waals surface area (Å²) in [5.41, 5.74) is 6.50. The van der Waals surface area contributed by atoms with Crippen molar-refractivity contribution in [2.45, 2.75) is 50.5 Å². The Morgan fingerprint density at radius 2 is 1.76 bits per heavy atom. The molecule has 1 unspecified atom stereocenters. The minimum atomic E-state index is -3.47. The van der Waals surface area contributed by atoms with Crippen molar-refractivity contribution in [2.24, 2.45) is 5.73 Å². The maximum atomic E-state index is 12.6. The van der Waals surface area contributed by atoms with Gasteiger partial charge in [0, 0.05) is 38.5 Å². The highest BCUT2D eigenvalue weighted by molar-refractivity contribution is 7.90. The van der Waals surface area contributed by atoms with Gasteiger partial charge in [0.25, 0.3) is 0 Å². The molecule has 2 N–H and O–H groups in total. The third kappa shape index (κ3) is 8.60. The molecule has 0 saturated carbocycles. The number of carbonyl (C=O) groups excluding carboxylic acids is 1. The molecule has 1 atom stereocenters. The molecule has 1 aliphatic rings. The van der Waals surface area contributed by atoms with Gasteiger partial charge in [0.1, 0.15) is 0 Å². The minimum Gasteiger partial charge on any atom is -0.342 e. The Morgan fingerprint density at radius 3 is 2.35 bits per heavy atom. The number of likely N-dealkylation sites (N-methyl/N-ethyl adjacent to an activating group) is 1. The molecular formula is C23H40N4O5S2. The smallest absolute Gasteiger partial charge is 0.237 e. The summed E-state index contributed by atoms with van der Waals surface area (Å²) in [4.78, 5) is 17.1. The van der Waals surface area contributed by atoms with E-state index in [1.165, 1.54) is 10.6 Å². The van der Waals surface area contributed by atoms with Gasteiger partial charge in [-0.25, -0.2) is 16.8 Å². The molecule has 1 aromatic carbocycles. The molecule has 0 aliphatic carbocycles. The summed E-state index contributed by atoms with van der Waals surface area (Å²) in [6, 6.07) is 7.38. The van der Waals surface area contributed by atoms with Crippen LogP contribution in [0.3, 0.4) is 0 Å². The lowest BCUT2D eigenvalue weighted by atomic mass is 10.1. The molecule has 0 spiro atoms. The van der Waals surface area contributed by atoms with E-state index in [1.54, 1.807) is 17.0 Å². The van der Waals surface area contributed by atoms with E-state index in [-0.39, 0.29) is 24.7 Å². The highest BCUT2D eigenvalue weighted by Gasteiger charge is 2.28. The molecule has 9 nitrogen and oxygen atoms in total. The summed E-state index contributed by atoms with van der Waals surface area (Å²) in [5.74, 6) is -0.274. The Balaban J connectivity index is 1.80. The van der Waals surface area contributed by atoms with Gasteiger partial charge < -0.3 is 15.5 Å². The first kappa shape index (κ1) is 28.7. The zero-order valence-corrected chi connectivity index (χ0v) is 22.3. The second-order valence-corrected chi connectivity index (χ2v) is 13.1. The van der Waals surface area contributed by atoms with Crippen LogP contribution in [0.25, 0.3) is 0 Å². The first-order valence-corrected chi connectivity index (χ1v) is 15.5. The van der Waals surface area contributed by atoms with Crippen molar-refractivity contribution in [3.05, 3.63) is 29.8 Å². The zero-order valence-electron chi connectivity index (χ0n) is 20.6. The summed E-state index contributed by atoms with van der Waals surface area (Å²) in [7, 11) is -6.66. The number of benzene rings is 1. The maximum absolute atomic E-state index is 12.6. The predicted octanol–water partition coefficient (Wildman–Crippen LogP) is 0.946. The Labute approximate surface area is 205 Å². The Morgan fingerprint density at radius 1 is 1.09 bits per heavy atom. The van der Waals surface area contributed by atoms with E-state index in [2.05, 4.69) is 18.7 Å². The first-order chi connectivity index (χ1) is 16.0. The van der Waals surface area contributed by atoms with Crippen molar-refractivity contribution in [2.75, 3.05) is 57.8 Å². The Hall–Kier alpha value is -1.53. The van der Waals surface area contributed by atoms with E-state index >= 15 is 0 Å². The molecule has 1 heterocycles. The molecule has 194 valence electrons. The molecule has 1 aliphatic heterocycles. The highest BCUT2D eigenvalue weighted by atomic mass is 32.2. The van der Waals surface area contributed by atoms with Crippen LogP contribution in [-0.2, 0) is 31.1 Å². The topological polar surface area (TPSA) is 121 Å². The first-order valence-electron chi connectivity index (χ1n) is 12.0. The van der Waals surface area contributed by atoms with Gasteiger partial charge in [0.05, 0.1) is 17.2 Å². The number of nitrogens with zero attached hydrogens (tertiary/aromatic N) is 3. The number of hydrogen-bond acceptors (Lipinski definition) is 7. The van der Waals surface area contributed by atoms with E-state index < -0.39 is 19.9 Å². The molecule has 0 aromatic heterocycles. The summed E-state index contributed by atoms with van der Waals surface area (Å²) in [6.45, 7) is 7.61. The van der Waals surface area contributed by atoms with Crippen LogP contribution in [0.15, 0.2) is 29.2 Å². The third-order valence-electron chi connectivity index (χ3n) is 6.30. The average Bonchev–Trinajstić information content (AvgIpc) is 2.95. The van der Waals surface area contributed by atoms with Gasteiger partial charge in [-0.15, -0.1) is 0 Å². The highest BCUT2D eigenvalue weighted by Crippen LogP contribution is 2.15. The van der Waals surface area contributed by atoms with Crippen molar-refractivity contribution >= 4 is 25.8 Å². The number of nitrogens with two attached hydrogens (primary N) is 1. The molecular weight excluding hydrogens is 476 g/mol. The normalized spacial score (nSPS) is 17.2. The number of hydrogen-bond donors (Lipinski definition) is 1. The third-order valence-corrected chi connectivity index (χ3v) is 9.28. The minimum absolute atomic E-state index is 0.0506. The molecule has 11 heteroatoms. The lowest BCUT2D eigenvalue weighted by molar-refractivity contribution is -0.130. The monoisotopic (exact) mass is 516 g/mol. The van der Waals surface area contributed by atoms with Crippen LogP contribution >= 0.6 is 0 Å². The van der Waals surface area contributed by atoms with E-state index in [0.29, 0.717) is 37.0 Å². The van der Waals surface area contributed by atoms with Gasteiger partial charge in [0.15, 0.2) is 9.84 Å². The van der Waals surface area contributed by atoms with Crippen molar-refractivity contribution in [3.8, 4) is 0 Å². The predicted molar refractivity (Wildman–Crippen MR) is 135 cm³/mol. The number of amides is 1. The van der Waals surface area contributed by atoms with Crippen LogP contribution in [-0.4, -0.2) is 101 Å². The molecule has 2 rings (SSSR count). The summed E-state index contributed by atoms with van der Waals surface area (Å²) >= 11 is 0. The lowest BCUT2D eigenvalue weighted by Gasteiger charge is -2.28. The van der Waals surface area contributed by atoms with E-state index in [9.17, 15) is 21.6 Å². The summed E-state index contributed by atoms with van der Waals surface area (Å²) in [6.07, 6.45) is 4.46. The fourth-order valence-corrected chi connectivity index (χ4v) is 6.20. The van der Waals surface area contributed by atoms with Gasteiger partial charge in [-0.05, 0) is 63.4 Å². The fraction of sp³-hybridized carbons (Fsp3) is 0.696. The van der Waals surface area contributed by atoms with E-state index in [4.69, 9.17) is 5.73 Å².